The summed E-state index contributed by atoms with van der Waals surface area (Å²) in [7, 11) is 0. The molecule has 0 amide bonds. The Hall–Kier alpha value is -4.00. The second-order valence-corrected chi connectivity index (χ2v) is 9.78. The van der Waals surface area contributed by atoms with Gasteiger partial charge in [0.15, 0.2) is 11.5 Å². The molecule has 0 atom stereocenters. The van der Waals surface area contributed by atoms with Crippen molar-refractivity contribution in [2.24, 2.45) is 0 Å². The lowest BCUT2D eigenvalue weighted by atomic mass is 10.0. The molecule has 0 spiro atoms. The Morgan fingerprint density at radius 2 is 1.53 bits per heavy atom. The van der Waals surface area contributed by atoms with Crippen LogP contribution in [0.2, 0.25) is 0 Å². The normalized spacial score (nSPS) is 11.6. The van der Waals surface area contributed by atoms with Crippen molar-refractivity contribution in [3.05, 3.63) is 76.9 Å². The molecule has 0 radical (unpaired) electrons. The largest absolute Gasteiger partial charge is 0.478 e. The molecular weight excluding hydrogens is 480 g/mol. The molecule has 0 fully saturated rings. The molecule has 0 aliphatic carbocycles. The third kappa shape index (κ3) is 6.46. The van der Waals surface area contributed by atoms with Crippen molar-refractivity contribution >= 4 is 29.0 Å². The molecule has 1 aliphatic rings. The predicted octanol–water partition coefficient (Wildman–Crippen LogP) is 7.51. The van der Waals surface area contributed by atoms with E-state index in [9.17, 15) is 19.8 Å². The standard InChI is InChI=1S/C31H36N2O5/c1-3-5-15-33(16-6-4-2)24-12-8-11-21(17-24)9-7-10-22-13-14-26-27(18-22)38-28-20-23(30(34)35)19-25(31(36)37)29(28)32-26/h8,11-14,17-20,32H,3-7,9-10,15-16H2,1-2H3,(H,34,35)(H,36,37). The van der Waals surface area contributed by atoms with Crippen LogP contribution in [0.1, 0.15) is 77.8 Å². The van der Waals surface area contributed by atoms with E-state index in [1.807, 2.05) is 18.2 Å². The summed E-state index contributed by atoms with van der Waals surface area (Å²) in [6, 6.07) is 17.2. The number of nitrogens with one attached hydrogen (secondary N) is 1. The van der Waals surface area contributed by atoms with Crippen LogP contribution in [0, 0.1) is 0 Å². The van der Waals surface area contributed by atoms with Gasteiger partial charge in [-0.25, -0.2) is 9.59 Å². The number of rotatable bonds is 13. The zero-order valence-electron chi connectivity index (χ0n) is 22.1. The molecule has 3 aromatic rings. The quantitative estimate of drug-likeness (QED) is 0.169. The minimum atomic E-state index is -1.22. The van der Waals surface area contributed by atoms with E-state index in [0.29, 0.717) is 11.4 Å². The lowest BCUT2D eigenvalue weighted by Crippen LogP contribution is -2.25. The number of hydrogen-bond donors (Lipinski definition) is 3. The predicted molar refractivity (Wildman–Crippen MR) is 151 cm³/mol. The first-order valence-electron chi connectivity index (χ1n) is 13.5. The van der Waals surface area contributed by atoms with Crippen LogP contribution in [0.15, 0.2) is 54.6 Å². The number of nitrogens with zero attached hydrogens (tertiary/aromatic N) is 1. The number of benzene rings is 3. The summed E-state index contributed by atoms with van der Waals surface area (Å²) >= 11 is 0. The Kier molecular flexibility index (Phi) is 8.89. The Morgan fingerprint density at radius 3 is 2.18 bits per heavy atom. The van der Waals surface area contributed by atoms with E-state index in [-0.39, 0.29) is 22.6 Å². The van der Waals surface area contributed by atoms with Crippen LogP contribution in [0.3, 0.4) is 0 Å². The van der Waals surface area contributed by atoms with E-state index in [0.717, 1.165) is 44.0 Å². The number of fused-ring (bicyclic) bond motifs is 2. The first-order chi connectivity index (χ1) is 18.4. The smallest absolute Gasteiger partial charge is 0.337 e. The van der Waals surface area contributed by atoms with Crippen LogP contribution in [0.25, 0.3) is 0 Å². The van der Waals surface area contributed by atoms with Gasteiger partial charge in [0.25, 0.3) is 0 Å². The maximum absolute atomic E-state index is 11.7. The summed E-state index contributed by atoms with van der Waals surface area (Å²) < 4.78 is 5.98. The fourth-order valence-corrected chi connectivity index (χ4v) is 4.75. The lowest BCUT2D eigenvalue weighted by molar-refractivity contribution is 0.0696. The Balaban J connectivity index is 1.43. The molecule has 200 valence electrons. The molecule has 0 unspecified atom stereocenters. The molecule has 0 saturated heterocycles. The van der Waals surface area contributed by atoms with E-state index < -0.39 is 11.9 Å². The zero-order valence-corrected chi connectivity index (χ0v) is 22.1. The summed E-state index contributed by atoms with van der Waals surface area (Å²) in [4.78, 5) is 25.7. The van der Waals surface area contributed by atoms with Gasteiger partial charge < -0.3 is 25.2 Å². The number of unbranched alkanes of at least 4 members (excludes halogenated alkanes) is 2. The average molecular weight is 517 g/mol. The number of carboxylic acids is 2. The number of carboxylic acid groups (broad SMARTS) is 2. The van der Waals surface area contributed by atoms with Crippen molar-refractivity contribution in [2.75, 3.05) is 23.3 Å². The van der Waals surface area contributed by atoms with Crippen molar-refractivity contribution in [3.8, 4) is 11.5 Å². The van der Waals surface area contributed by atoms with Gasteiger partial charge in [0, 0.05) is 18.8 Å². The van der Waals surface area contributed by atoms with Crippen LogP contribution in [-0.2, 0) is 12.8 Å². The van der Waals surface area contributed by atoms with Crippen molar-refractivity contribution in [3.63, 3.8) is 0 Å². The fourth-order valence-electron chi connectivity index (χ4n) is 4.75. The highest BCUT2D eigenvalue weighted by Crippen LogP contribution is 2.44. The van der Waals surface area contributed by atoms with Gasteiger partial charge in [0.1, 0.15) is 0 Å². The Labute approximate surface area is 224 Å². The number of carbonyl (C=O) groups is 2. The summed E-state index contributed by atoms with van der Waals surface area (Å²) in [5.74, 6) is -1.68. The van der Waals surface area contributed by atoms with Gasteiger partial charge in [-0.3, -0.25) is 0 Å². The minimum Gasteiger partial charge on any atom is -0.478 e. The van der Waals surface area contributed by atoms with Crippen molar-refractivity contribution in [1.29, 1.82) is 0 Å². The molecule has 4 rings (SSSR count). The summed E-state index contributed by atoms with van der Waals surface area (Å²) in [5, 5.41) is 22.0. The first kappa shape index (κ1) is 27.0. The second kappa shape index (κ2) is 12.5. The van der Waals surface area contributed by atoms with Gasteiger partial charge in [-0.05, 0) is 79.6 Å². The Morgan fingerprint density at radius 1 is 0.816 bits per heavy atom. The van der Waals surface area contributed by atoms with E-state index in [2.05, 4.69) is 48.3 Å². The molecule has 7 nitrogen and oxygen atoms in total. The van der Waals surface area contributed by atoms with E-state index >= 15 is 0 Å². The topological polar surface area (TPSA) is 99.1 Å². The number of ether oxygens (including phenoxy) is 1. The monoisotopic (exact) mass is 516 g/mol. The maximum Gasteiger partial charge on any atom is 0.337 e. The molecule has 0 bridgehead atoms. The highest BCUT2D eigenvalue weighted by molar-refractivity contribution is 6.02. The first-order valence-corrected chi connectivity index (χ1v) is 13.5. The highest BCUT2D eigenvalue weighted by atomic mass is 16.5. The maximum atomic E-state index is 11.7. The summed E-state index contributed by atoms with van der Waals surface area (Å²) in [6.45, 7) is 6.65. The minimum absolute atomic E-state index is 0.132. The van der Waals surface area contributed by atoms with E-state index in [1.165, 1.54) is 43.0 Å². The van der Waals surface area contributed by atoms with Crippen molar-refractivity contribution < 1.29 is 24.5 Å². The lowest BCUT2D eigenvalue weighted by Gasteiger charge is -2.25. The van der Waals surface area contributed by atoms with Crippen LogP contribution < -0.4 is 15.0 Å². The van der Waals surface area contributed by atoms with Crippen LogP contribution in [0.4, 0.5) is 17.1 Å². The third-order valence-corrected chi connectivity index (χ3v) is 6.87. The molecular formula is C31H36N2O5. The van der Waals surface area contributed by atoms with E-state index in [1.54, 1.807) is 0 Å². The average Bonchev–Trinajstić information content (AvgIpc) is 2.91. The van der Waals surface area contributed by atoms with Gasteiger partial charge >= 0.3 is 11.9 Å². The molecule has 38 heavy (non-hydrogen) atoms. The third-order valence-electron chi connectivity index (χ3n) is 6.87. The van der Waals surface area contributed by atoms with Gasteiger partial charge in [0.2, 0.25) is 0 Å². The van der Waals surface area contributed by atoms with Crippen molar-refractivity contribution in [2.45, 2.75) is 58.8 Å². The molecule has 0 aromatic heterocycles. The fraction of sp³-hybridized carbons (Fsp3) is 0.355. The molecule has 3 aromatic carbocycles. The van der Waals surface area contributed by atoms with Gasteiger partial charge in [-0.2, -0.15) is 0 Å². The molecule has 1 heterocycles. The van der Waals surface area contributed by atoms with Crippen LogP contribution >= 0.6 is 0 Å². The number of aryl methyl sites for hydroxylation is 2. The summed E-state index contributed by atoms with van der Waals surface area (Å²) in [5.41, 5.74) is 4.37. The number of hydrogen-bond acceptors (Lipinski definition) is 5. The highest BCUT2D eigenvalue weighted by Gasteiger charge is 2.25. The van der Waals surface area contributed by atoms with Gasteiger partial charge in [-0.1, -0.05) is 44.9 Å². The van der Waals surface area contributed by atoms with Crippen molar-refractivity contribution in [1.82, 2.24) is 0 Å². The second-order valence-electron chi connectivity index (χ2n) is 9.78. The van der Waals surface area contributed by atoms with Crippen LogP contribution in [0.5, 0.6) is 11.5 Å². The number of anilines is 3. The molecule has 1 aliphatic heterocycles. The van der Waals surface area contributed by atoms with Crippen LogP contribution in [-0.4, -0.2) is 35.2 Å². The van der Waals surface area contributed by atoms with Gasteiger partial charge in [0.05, 0.1) is 22.5 Å². The molecule has 3 N–H and O–H groups in total. The summed E-state index contributed by atoms with van der Waals surface area (Å²) in [6.07, 6.45) is 7.57. The van der Waals surface area contributed by atoms with E-state index in [4.69, 9.17) is 4.74 Å². The zero-order chi connectivity index (χ0) is 27.1. The molecule has 7 heteroatoms. The Bertz CT molecular complexity index is 1300. The molecule has 0 saturated carbocycles. The number of aromatic carboxylic acids is 2. The van der Waals surface area contributed by atoms with Gasteiger partial charge in [-0.15, -0.1) is 0 Å². The SMILES string of the molecule is CCCCN(CCCC)c1cccc(CCCc2ccc3c(c2)Oc2cc(C(=O)O)cc(C(=O)O)c2N3)c1.